The Labute approximate surface area is 103 Å². The van der Waals surface area contributed by atoms with Gasteiger partial charge in [-0.1, -0.05) is 54.4 Å². The lowest BCUT2D eigenvalue weighted by molar-refractivity contribution is 0.235. The summed E-state index contributed by atoms with van der Waals surface area (Å²) in [5, 5.41) is 3.55. The second-order valence-corrected chi connectivity index (χ2v) is 6.40. The largest absolute Gasteiger partial charge is 0.316 e. The van der Waals surface area contributed by atoms with Gasteiger partial charge in [-0.3, -0.25) is 0 Å². The van der Waals surface area contributed by atoms with Gasteiger partial charge in [0.05, 0.1) is 0 Å². The van der Waals surface area contributed by atoms with Crippen LogP contribution in [0.3, 0.4) is 0 Å². The van der Waals surface area contributed by atoms with Crippen molar-refractivity contribution in [3.63, 3.8) is 0 Å². The minimum absolute atomic E-state index is 0.501. The minimum atomic E-state index is 0.501. The molecule has 1 heteroatoms. The highest BCUT2D eigenvalue weighted by Gasteiger charge is 2.21. The summed E-state index contributed by atoms with van der Waals surface area (Å²) in [7, 11) is 0. The molecule has 98 valence electrons. The molecule has 0 bridgehead atoms. The Morgan fingerprint density at radius 1 is 1.06 bits per heavy atom. The first kappa shape index (κ1) is 16.0. The van der Waals surface area contributed by atoms with Gasteiger partial charge in [0.15, 0.2) is 0 Å². The zero-order valence-electron chi connectivity index (χ0n) is 12.4. The van der Waals surface area contributed by atoms with Gasteiger partial charge in [0.1, 0.15) is 0 Å². The van der Waals surface area contributed by atoms with Crippen LogP contribution in [0.4, 0.5) is 0 Å². The highest BCUT2D eigenvalue weighted by molar-refractivity contribution is 4.73. The number of hydrogen-bond acceptors (Lipinski definition) is 1. The van der Waals surface area contributed by atoms with Crippen LogP contribution in [0.2, 0.25) is 0 Å². The van der Waals surface area contributed by atoms with Gasteiger partial charge in [0, 0.05) is 0 Å². The maximum Gasteiger partial charge on any atom is -0.00258 e. The average molecular weight is 227 g/mol. The van der Waals surface area contributed by atoms with Crippen molar-refractivity contribution >= 4 is 0 Å². The van der Waals surface area contributed by atoms with E-state index in [0.717, 1.165) is 18.4 Å². The maximum atomic E-state index is 3.55. The molecule has 1 nitrogen and oxygen atoms in total. The molecule has 0 saturated heterocycles. The van der Waals surface area contributed by atoms with Crippen molar-refractivity contribution < 1.29 is 0 Å². The van der Waals surface area contributed by atoms with Crippen LogP contribution in [0.25, 0.3) is 0 Å². The van der Waals surface area contributed by atoms with Gasteiger partial charge in [0.25, 0.3) is 0 Å². The molecule has 0 aliphatic carbocycles. The number of nitrogens with one attached hydrogen (secondary N) is 1. The Hall–Kier alpha value is -0.0400. The van der Waals surface area contributed by atoms with E-state index in [1.165, 1.54) is 32.2 Å². The van der Waals surface area contributed by atoms with Crippen molar-refractivity contribution in [1.82, 2.24) is 5.32 Å². The first-order chi connectivity index (χ1) is 7.41. The zero-order chi connectivity index (χ0) is 12.6. The molecule has 0 aromatic rings. The normalized spacial score (nSPS) is 12.8. The summed E-state index contributed by atoms with van der Waals surface area (Å²) >= 11 is 0. The van der Waals surface area contributed by atoms with E-state index in [-0.39, 0.29) is 0 Å². The summed E-state index contributed by atoms with van der Waals surface area (Å²) in [5.41, 5.74) is 0.501. The molecule has 0 atom stereocenters. The molecule has 0 saturated carbocycles. The fraction of sp³-hybridized carbons (Fsp3) is 1.00. The SMILES string of the molecule is CCC(CC)CC(C)(C)CCNCC(C)C. The molecule has 1 N–H and O–H groups in total. The molecule has 0 amide bonds. The standard InChI is InChI=1S/C15H33N/c1-7-14(8-2)11-15(5,6)9-10-16-12-13(3)4/h13-14,16H,7-12H2,1-6H3. The zero-order valence-corrected chi connectivity index (χ0v) is 12.4. The summed E-state index contributed by atoms with van der Waals surface area (Å²) in [6.07, 6.45) is 5.35. The third-order valence-electron chi connectivity index (χ3n) is 3.53. The van der Waals surface area contributed by atoms with Gasteiger partial charge >= 0.3 is 0 Å². The lowest BCUT2D eigenvalue weighted by Crippen LogP contribution is -2.26. The van der Waals surface area contributed by atoms with E-state index in [2.05, 4.69) is 46.9 Å². The van der Waals surface area contributed by atoms with Crippen molar-refractivity contribution in [2.75, 3.05) is 13.1 Å². The van der Waals surface area contributed by atoms with Crippen LogP contribution in [0.5, 0.6) is 0 Å². The van der Waals surface area contributed by atoms with Gasteiger partial charge < -0.3 is 5.32 Å². The van der Waals surface area contributed by atoms with Crippen LogP contribution in [0.1, 0.15) is 67.2 Å². The van der Waals surface area contributed by atoms with Gasteiger partial charge in [0.2, 0.25) is 0 Å². The second kappa shape index (κ2) is 8.11. The quantitative estimate of drug-likeness (QED) is 0.573. The summed E-state index contributed by atoms with van der Waals surface area (Å²) in [5.74, 6) is 1.68. The Morgan fingerprint density at radius 3 is 2.06 bits per heavy atom. The molecule has 0 heterocycles. The van der Waals surface area contributed by atoms with Crippen molar-refractivity contribution in [2.45, 2.75) is 67.2 Å². The van der Waals surface area contributed by atoms with Crippen LogP contribution in [-0.2, 0) is 0 Å². The summed E-state index contributed by atoms with van der Waals surface area (Å²) < 4.78 is 0. The molecule has 0 spiro atoms. The monoisotopic (exact) mass is 227 g/mol. The first-order valence-electron chi connectivity index (χ1n) is 7.12. The predicted molar refractivity (Wildman–Crippen MR) is 74.8 cm³/mol. The molecule has 0 rings (SSSR count). The van der Waals surface area contributed by atoms with Gasteiger partial charge in [-0.25, -0.2) is 0 Å². The van der Waals surface area contributed by atoms with E-state index in [9.17, 15) is 0 Å². The molecule has 0 radical (unpaired) electrons. The Kier molecular flexibility index (Phi) is 8.09. The average Bonchev–Trinajstić information content (AvgIpc) is 2.21. The Balaban J connectivity index is 3.76. The van der Waals surface area contributed by atoms with Crippen LogP contribution < -0.4 is 5.32 Å². The maximum absolute atomic E-state index is 3.55. The molecule has 16 heavy (non-hydrogen) atoms. The smallest absolute Gasteiger partial charge is 0.00258 e. The van der Waals surface area contributed by atoms with Gasteiger partial charge in [-0.05, 0) is 43.2 Å². The van der Waals surface area contributed by atoms with Crippen molar-refractivity contribution in [1.29, 1.82) is 0 Å². The molecule has 0 unspecified atom stereocenters. The van der Waals surface area contributed by atoms with Crippen molar-refractivity contribution in [3.05, 3.63) is 0 Å². The first-order valence-corrected chi connectivity index (χ1v) is 7.12. The van der Waals surface area contributed by atoms with Crippen LogP contribution in [0.15, 0.2) is 0 Å². The third kappa shape index (κ3) is 8.15. The summed E-state index contributed by atoms with van der Waals surface area (Å²) in [6.45, 7) is 16.3. The van der Waals surface area contributed by atoms with Crippen molar-refractivity contribution in [3.8, 4) is 0 Å². The molecule has 0 aliphatic heterocycles. The Morgan fingerprint density at radius 2 is 1.62 bits per heavy atom. The highest BCUT2D eigenvalue weighted by Crippen LogP contribution is 2.31. The minimum Gasteiger partial charge on any atom is -0.316 e. The second-order valence-electron chi connectivity index (χ2n) is 6.40. The van der Waals surface area contributed by atoms with Crippen LogP contribution >= 0.6 is 0 Å². The topological polar surface area (TPSA) is 12.0 Å². The summed E-state index contributed by atoms with van der Waals surface area (Å²) in [4.78, 5) is 0. The molecular formula is C15H33N. The number of hydrogen-bond donors (Lipinski definition) is 1. The van der Waals surface area contributed by atoms with Crippen LogP contribution in [0, 0.1) is 17.3 Å². The Bertz CT molecular complexity index is 157. The lowest BCUT2D eigenvalue weighted by Gasteiger charge is -2.29. The molecule has 0 aromatic heterocycles. The van der Waals surface area contributed by atoms with E-state index in [0.29, 0.717) is 5.41 Å². The fourth-order valence-corrected chi connectivity index (χ4v) is 2.28. The van der Waals surface area contributed by atoms with E-state index >= 15 is 0 Å². The van der Waals surface area contributed by atoms with Crippen molar-refractivity contribution in [2.24, 2.45) is 17.3 Å². The molecule has 0 fully saturated rings. The third-order valence-corrected chi connectivity index (χ3v) is 3.53. The predicted octanol–water partition coefficient (Wildman–Crippen LogP) is 4.47. The van der Waals surface area contributed by atoms with Gasteiger partial charge in [-0.15, -0.1) is 0 Å². The molecule has 0 aromatic carbocycles. The number of rotatable bonds is 9. The lowest BCUT2D eigenvalue weighted by atomic mass is 9.78. The van der Waals surface area contributed by atoms with E-state index in [1.807, 2.05) is 0 Å². The molecular weight excluding hydrogens is 194 g/mol. The van der Waals surface area contributed by atoms with Crippen LogP contribution in [-0.4, -0.2) is 13.1 Å². The van der Waals surface area contributed by atoms with E-state index in [4.69, 9.17) is 0 Å². The van der Waals surface area contributed by atoms with E-state index in [1.54, 1.807) is 0 Å². The summed E-state index contributed by atoms with van der Waals surface area (Å²) in [6, 6.07) is 0. The van der Waals surface area contributed by atoms with E-state index < -0.39 is 0 Å². The highest BCUT2D eigenvalue weighted by atomic mass is 14.8. The molecule has 0 aliphatic rings. The fourth-order valence-electron chi connectivity index (χ4n) is 2.28. The van der Waals surface area contributed by atoms with Gasteiger partial charge in [-0.2, -0.15) is 0 Å².